The fraction of sp³-hybridized carbons (Fsp3) is 0.633. The predicted molar refractivity (Wildman–Crippen MR) is 167 cm³/mol. The number of rotatable bonds is 3. The molecule has 3 heterocycles. The lowest BCUT2D eigenvalue weighted by atomic mass is 9.98. The maximum atomic E-state index is 13.3. The SMILES string of the molecule is CC[C@H](C)C1NC(=O)CCCN(C(=O)[C@H]2CCCCN2)CCCNC(=O)c2ccc3[nH]c(=O)n(c3c2)CCCNC1=O.Cl. The van der Waals surface area contributed by atoms with E-state index in [0.29, 0.717) is 68.6 Å². The Kier molecular flexibility index (Phi) is 13.1. The van der Waals surface area contributed by atoms with Crippen molar-refractivity contribution in [1.29, 1.82) is 0 Å². The van der Waals surface area contributed by atoms with Crippen molar-refractivity contribution in [3.8, 4) is 0 Å². The first-order chi connectivity index (χ1) is 20.3. The number of benzene rings is 1. The number of amides is 4. The van der Waals surface area contributed by atoms with Crippen LogP contribution in [0.3, 0.4) is 0 Å². The number of carbonyl (C=O) groups excluding carboxylic acids is 4. The minimum atomic E-state index is -0.670. The molecule has 1 saturated heterocycles. The lowest BCUT2D eigenvalue weighted by molar-refractivity contribution is -0.134. The van der Waals surface area contributed by atoms with E-state index in [9.17, 15) is 24.0 Å². The Morgan fingerprint density at radius 3 is 2.44 bits per heavy atom. The van der Waals surface area contributed by atoms with E-state index in [4.69, 9.17) is 0 Å². The predicted octanol–water partition coefficient (Wildman–Crippen LogP) is 1.67. The van der Waals surface area contributed by atoms with Crippen LogP contribution >= 0.6 is 12.4 Å². The zero-order chi connectivity index (χ0) is 30.1. The molecule has 0 saturated carbocycles. The number of hydrogen-bond donors (Lipinski definition) is 5. The number of hydrogen-bond acceptors (Lipinski definition) is 6. The molecule has 0 radical (unpaired) electrons. The van der Waals surface area contributed by atoms with Gasteiger partial charge in [-0.15, -0.1) is 12.4 Å². The van der Waals surface area contributed by atoms with Gasteiger partial charge in [0.15, 0.2) is 0 Å². The number of aromatic nitrogens is 2. The zero-order valence-corrected chi connectivity index (χ0v) is 26.0. The van der Waals surface area contributed by atoms with Gasteiger partial charge in [0, 0.05) is 44.7 Å². The van der Waals surface area contributed by atoms with E-state index >= 15 is 0 Å². The molecule has 2 aliphatic rings. The minimum absolute atomic E-state index is 0. The molecular formula is C30H46ClN7O5. The largest absolute Gasteiger partial charge is 0.354 e. The molecule has 2 bridgehead atoms. The fourth-order valence-corrected chi connectivity index (χ4v) is 5.64. The van der Waals surface area contributed by atoms with E-state index in [1.807, 2.05) is 13.8 Å². The Morgan fingerprint density at radius 2 is 1.70 bits per heavy atom. The standard InChI is InChI=1S/C30H45N7O5.ClH/c1-3-20(2)26-28(40)33-15-8-18-37-24-19-21(11-12-22(24)34-30(37)42)27(39)32-14-7-17-36(16-6-10-25(38)35-26)29(41)23-9-4-5-13-31-23;/h11-12,19-20,23,26,31H,3-10,13-18H2,1-2H3,(H,32,39)(H,33,40)(H,34,42)(H,35,38);1H/t20-,23+,26?;/m0./s1. The van der Waals surface area contributed by atoms with Crippen LogP contribution < -0.4 is 27.0 Å². The number of fused-ring (bicyclic) bond motifs is 1. The number of aryl methyl sites for hydroxylation is 1. The zero-order valence-electron chi connectivity index (χ0n) is 25.2. The normalized spacial score (nSPS) is 22.5. The number of nitrogens with zero attached hydrogens (tertiary/aromatic N) is 2. The second-order valence-corrected chi connectivity index (χ2v) is 11.4. The molecule has 1 aromatic carbocycles. The molecule has 1 aromatic heterocycles. The maximum absolute atomic E-state index is 13.3. The van der Waals surface area contributed by atoms with Gasteiger partial charge in [-0.05, 0) is 62.8 Å². The van der Waals surface area contributed by atoms with Gasteiger partial charge in [0.2, 0.25) is 17.7 Å². The molecule has 4 rings (SSSR count). The molecule has 2 aliphatic heterocycles. The second kappa shape index (κ2) is 16.5. The number of carbonyl (C=O) groups is 4. The van der Waals surface area contributed by atoms with Crippen LogP contribution in [0.25, 0.3) is 11.0 Å². The molecule has 1 unspecified atom stereocenters. The van der Waals surface area contributed by atoms with Gasteiger partial charge in [-0.3, -0.25) is 23.7 Å². The highest BCUT2D eigenvalue weighted by molar-refractivity contribution is 5.97. The smallest absolute Gasteiger partial charge is 0.326 e. The number of halogens is 1. The summed E-state index contributed by atoms with van der Waals surface area (Å²) in [5.41, 5.74) is 1.40. The number of nitrogens with one attached hydrogen (secondary N) is 5. The number of imidazole rings is 1. The van der Waals surface area contributed by atoms with Crippen molar-refractivity contribution in [2.75, 3.05) is 32.7 Å². The van der Waals surface area contributed by atoms with Crippen LogP contribution in [0.2, 0.25) is 0 Å². The summed E-state index contributed by atoms with van der Waals surface area (Å²) < 4.78 is 1.57. The van der Waals surface area contributed by atoms with E-state index in [1.165, 1.54) is 0 Å². The van der Waals surface area contributed by atoms with Crippen LogP contribution in [0.1, 0.15) is 75.6 Å². The van der Waals surface area contributed by atoms with Gasteiger partial charge in [-0.2, -0.15) is 0 Å². The molecular weight excluding hydrogens is 574 g/mol. The van der Waals surface area contributed by atoms with Gasteiger partial charge >= 0.3 is 5.69 Å². The van der Waals surface area contributed by atoms with Crippen molar-refractivity contribution in [2.24, 2.45) is 5.92 Å². The van der Waals surface area contributed by atoms with Crippen molar-refractivity contribution in [3.63, 3.8) is 0 Å². The Balaban J connectivity index is 0.00000506. The van der Waals surface area contributed by atoms with Crippen molar-refractivity contribution < 1.29 is 19.2 Å². The Bertz CT molecular complexity index is 1320. The third-order valence-corrected chi connectivity index (χ3v) is 8.35. The average Bonchev–Trinajstić information content (AvgIpc) is 3.32. The molecule has 238 valence electrons. The third-order valence-electron chi connectivity index (χ3n) is 8.35. The number of aromatic amines is 1. The molecule has 0 spiro atoms. The monoisotopic (exact) mass is 619 g/mol. The quantitative estimate of drug-likeness (QED) is 0.352. The van der Waals surface area contributed by atoms with Crippen LogP contribution in [0.5, 0.6) is 0 Å². The van der Waals surface area contributed by atoms with Crippen LogP contribution in [0, 0.1) is 5.92 Å². The molecule has 2 aromatic rings. The first kappa shape index (κ1) is 34.1. The van der Waals surface area contributed by atoms with Gasteiger partial charge < -0.3 is 31.2 Å². The van der Waals surface area contributed by atoms with E-state index in [0.717, 1.165) is 32.2 Å². The fourth-order valence-electron chi connectivity index (χ4n) is 5.64. The average molecular weight is 620 g/mol. The Morgan fingerprint density at radius 1 is 0.953 bits per heavy atom. The van der Waals surface area contributed by atoms with Gasteiger partial charge in [-0.1, -0.05) is 26.7 Å². The first-order valence-electron chi connectivity index (χ1n) is 15.4. The summed E-state index contributed by atoms with van der Waals surface area (Å²) in [5, 5.41) is 12.1. The Hall–Kier alpha value is -3.38. The number of H-pyrrole nitrogens is 1. The Labute approximate surface area is 258 Å². The molecule has 1 fully saturated rings. The van der Waals surface area contributed by atoms with Crippen LogP contribution in [0.15, 0.2) is 23.0 Å². The molecule has 13 heteroatoms. The van der Waals surface area contributed by atoms with Gasteiger partial charge in [0.1, 0.15) is 6.04 Å². The van der Waals surface area contributed by atoms with E-state index in [-0.39, 0.29) is 60.1 Å². The van der Waals surface area contributed by atoms with Gasteiger partial charge in [0.25, 0.3) is 5.91 Å². The van der Waals surface area contributed by atoms with Crippen LogP contribution in [-0.4, -0.2) is 82.9 Å². The highest BCUT2D eigenvalue weighted by Crippen LogP contribution is 2.15. The van der Waals surface area contributed by atoms with Crippen molar-refractivity contribution in [1.82, 2.24) is 35.7 Å². The summed E-state index contributed by atoms with van der Waals surface area (Å²) in [4.78, 5) is 69.5. The van der Waals surface area contributed by atoms with Gasteiger partial charge in [0.05, 0.1) is 17.1 Å². The second-order valence-electron chi connectivity index (χ2n) is 11.4. The minimum Gasteiger partial charge on any atom is -0.354 e. The maximum Gasteiger partial charge on any atom is 0.326 e. The van der Waals surface area contributed by atoms with Crippen molar-refractivity contribution in [3.05, 3.63) is 34.2 Å². The van der Waals surface area contributed by atoms with Gasteiger partial charge in [-0.25, -0.2) is 4.79 Å². The van der Waals surface area contributed by atoms with E-state index < -0.39 is 6.04 Å². The molecule has 5 N–H and O–H groups in total. The molecule has 43 heavy (non-hydrogen) atoms. The summed E-state index contributed by atoms with van der Waals surface area (Å²) in [5.74, 6) is -0.778. The summed E-state index contributed by atoms with van der Waals surface area (Å²) in [6.07, 6.45) is 5.26. The molecule has 4 amide bonds. The van der Waals surface area contributed by atoms with Crippen LogP contribution in [-0.2, 0) is 20.9 Å². The van der Waals surface area contributed by atoms with Crippen molar-refractivity contribution in [2.45, 2.75) is 83.8 Å². The summed E-state index contributed by atoms with van der Waals surface area (Å²) >= 11 is 0. The third kappa shape index (κ3) is 9.06. The molecule has 0 aliphatic carbocycles. The lowest BCUT2D eigenvalue weighted by Gasteiger charge is -2.30. The van der Waals surface area contributed by atoms with E-state index in [1.54, 1.807) is 27.7 Å². The molecule has 12 nitrogen and oxygen atoms in total. The van der Waals surface area contributed by atoms with E-state index in [2.05, 4.69) is 26.3 Å². The highest BCUT2D eigenvalue weighted by atomic mass is 35.5. The molecule has 3 atom stereocenters. The van der Waals surface area contributed by atoms with Crippen molar-refractivity contribution >= 4 is 47.1 Å². The van der Waals surface area contributed by atoms with Crippen LogP contribution in [0.4, 0.5) is 0 Å². The lowest BCUT2D eigenvalue weighted by Crippen LogP contribution is -2.51. The first-order valence-corrected chi connectivity index (χ1v) is 15.4. The number of piperidine rings is 1. The topological polar surface area (TPSA) is 157 Å². The summed E-state index contributed by atoms with van der Waals surface area (Å²) in [7, 11) is 0. The summed E-state index contributed by atoms with van der Waals surface area (Å²) in [6, 6.07) is 4.19. The highest BCUT2D eigenvalue weighted by Gasteiger charge is 2.27. The summed E-state index contributed by atoms with van der Waals surface area (Å²) in [6.45, 7) is 6.64.